The molecule has 3 fully saturated rings. The lowest BCUT2D eigenvalue weighted by molar-refractivity contribution is -0.124. The molecule has 6 rings (SSSR count). The number of rotatable bonds is 1. The Hall–Kier alpha value is -1.42. The number of anilines is 1. The summed E-state index contributed by atoms with van der Waals surface area (Å²) in [5.74, 6) is 1.70. The summed E-state index contributed by atoms with van der Waals surface area (Å²) in [4.78, 5) is 27.1. The number of halogens is 1. The molecule has 3 nitrogen and oxygen atoms in total. The first-order valence-electron chi connectivity index (χ1n) is 7.48. The third-order valence-electron chi connectivity index (χ3n) is 5.75. The van der Waals surface area contributed by atoms with E-state index < -0.39 is 0 Å². The Morgan fingerprint density at radius 1 is 0.905 bits per heavy atom. The Morgan fingerprint density at radius 2 is 1.43 bits per heavy atom. The minimum absolute atomic E-state index is 0.0111. The van der Waals surface area contributed by atoms with E-state index in [1.165, 1.54) is 11.3 Å². The molecule has 1 aliphatic heterocycles. The number of nitrogens with zero attached hydrogens (tertiary/aromatic N) is 1. The van der Waals surface area contributed by atoms with Crippen LogP contribution in [0.5, 0.6) is 0 Å². The van der Waals surface area contributed by atoms with Gasteiger partial charge in [-0.1, -0.05) is 28.1 Å². The second-order valence-electron chi connectivity index (χ2n) is 6.64. The van der Waals surface area contributed by atoms with Crippen molar-refractivity contribution in [2.75, 3.05) is 4.90 Å². The van der Waals surface area contributed by atoms with Crippen molar-refractivity contribution >= 4 is 33.4 Å². The standard InChI is InChI=1S/C17H14BrNO2/c18-8-1-3-9(4-2-8)19-16(20)14-10-5-6-11(13-7-12(10)13)15(14)17(19)21/h1-6,10-15H,7H2/t10-,11-,12-,13+,14+,15+/m1/s1. The summed E-state index contributed by atoms with van der Waals surface area (Å²) < 4.78 is 0.950. The van der Waals surface area contributed by atoms with Gasteiger partial charge in [-0.05, 0) is 54.4 Å². The zero-order chi connectivity index (χ0) is 14.3. The molecule has 0 unspecified atom stereocenters. The van der Waals surface area contributed by atoms with Gasteiger partial charge in [0.15, 0.2) is 0 Å². The first-order valence-corrected chi connectivity index (χ1v) is 8.28. The van der Waals surface area contributed by atoms with E-state index in [-0.39, 0.29) is 23.7 Å². The van der Waals surface area contributed by atoms with E-state index in [0.29, 0.717) is 29.4 Å². The van der Waals surface area contributed by atoms with Crippen molar-refractivity contribution in [3.05, 3.63) is 40.9 Å². The van der Waals surface area contributed by atoms with Crippen LogP contribution in [0, 0.1) is 35.5 Å². The summed E-state index contributed by atoms with van der Waals surface area (Å²) in [6.07, 6.45) is 5.61. The van der Waals surface area contributed by atoms with Gasteiger partial charge in [-0.15, -0.1) is 0 Å². The van der Waals surface area contributed by atoms with Crippen LogP contribution in [0.3, 0.4) is 0 Å². The highest BCUT2D eigenvalue weighted by atomic mass is 79.9. The van der Waals surface area contributed by atoms with Gasteiger partial charge in [0.1, 0.15) is 0 Å². The Morgan fingerprint density at radius 3 is 1.95 bits per heavy atom. The fourth-order valence-corrected chi connectivity index (χ4v) is 5.07. The third kappa shape index (κ3) is 1.44. The van der Waals surface area contributed by atoms with Crippen molar-refractivity contribution in [1.82, 2.24) is 0 Å². The van der Waals surface area contributed by atoms with Crippen molar-refractivity contribution < 1.29 is 9.59 Å². The number of carbonyl (C=O) groups is 2. The van der Waals surface area contributed by atoms with Crippen LogP contribution in [0.25, 0.3) is 0 Å². The fraction of sp³-hybridized carbons (Fsp3) is 0.412. The van der Waals surface area contributed by atoms with Crippen molar-refractivity contribution in [3.8, 4) is 0 Å². The number of allylic oxidation sites excluding steroid dienone is 2. The van der Waals surface area contributed by atoms with Crippen LogP contribution in [-0.2, 0) is 9.59 Å². The van der Waals surface area contributed by atoms with Crippen LogP contribution in [0.2, 0.25) is 0 Å². The molecule has 1 saturated heterocycles. The minimum atomic E-state index is -0.111. The second-order valence-corrected chi connectivity index (χ2v) is 7.56. The van der Waals surface area contributed by atoms with Crippen LogP contribution in [0.4, 0.5) is 5.69 Å². The van der Waals surface area contributed by atoms with Crippen LogP contribution < -0.4 is 4.90 Å². The molecular weight excluding hydrogens is 330 g/mol. The highest BCUT2D eigenvalue weighted by Crippen LogP contribution is 2.65. The summed E-state index contributed by atoms with van der Waals surface area (Å²) in [7, 11) is 0. The minimum Gasteiger partial charge on any atom is -0.274 e. The Bertz CT molecular complexity index is 659. The van der Waals surface area contributed by atoms with Crippen molar-refractivity contribution in [3.63, 3.8) is 0 Å². The fourth-order valence-electron chi connectivity index (χ4n) is 4.80. The van der Waals surface area contributed by atoms with Gasteiger partial charge in [0.25, 0.3) is 0 Å². The Balaban J connectivity index is 1.58. The van der Waals surface area contributed by atoms with E-state index in [0.717, 1.165) is 4.47 Å². The molecular formula is C17H14BrNO2. The maximum Gasteiger partial charge on any atom is 0.238 e. The van der Waals surface area contributed by atoms with E-state index in [1.807, 2.05) is 24.3 Å². The monoisotopic (exact) mass is 343 g/mol. The molecule has 6 atom stereocenters. The zero-order valence-corrected chi connectivity index (χ0v) is 12.9. The number of imide groups is 1. The zero-order valence-electron chi connectivity index (χ0n) is 11.3. The van der Waals surface area contributed by atoms with E-state index in [1.54, 1.807) is 0 Å². The van der Waals surface area contributed by atoms with Crippen molar-refractivity contribution in [2.24, 2.45) is 35.5 Å². The predicted molar refractivity (Wildman–Crippen MR) is 81.3 cm³/mol. The molecule has 0 aromatic heterocycles. The molecule has 4 aliphatic carbocycles. The summed E-state index contributed by atoms with van der Waals surface area (Å²) in [5.41, 5.74) is 0.704. The van der Waals surface area contributed by atoms with Gasteiger partial charge in [-0.3, -0.25) is 14.5 Å². The van der Waals surface area contributed by atoms with Gasteiger partial charge in [0.2, 0.25) is 11.8 Å². The molecule has 2 bridgehead atoms. The van der Waals surface area contributed by atoms with Gasteiger partial charge < -0.3 is 0 Å². The van der Waals surface area contributed by atoms with Crippen LogP contribution in [-0.4, -0.2) is 11.8 Å². The van der Waals surface area contributed by atoms with Gasteiger partial charge in [-0.25, -0.2) is 0 Å². The van der Waals surface area contributed by atoms with Crippen molar-refractivity contribution in [2.45, 2.75) is 6.42 Å². The third-order valence-corrected chi connectivity index (χ3v) is 6.28. The Labute approximate surface area is 131 Å². The summed E-state index contributed by atoms with van der Waals surface area (Å²) >= 11 is 3.39. The summed E-state index contributed by atoms with van der Waals surface area (Å²) in [6.45, 7) is 0. The first-order chi connectivity index (χ1) is 10.2. The molecule has 0 spiro atoms. The molecule has 1 aromatic rings. The van der Waals surface area contributed by atoms with E-state index >= 15 is 0 Å². The summed E-state index contributed by atoms with van der Waals surface area (Å²) in [5, 5.41) is 0. The maximum absolute atomic E-state index is 12.8. The number of hydrogen-bond donors (Lipinski definition) is 0. The van der Waals surface area contributed by atoms with Crippen LogP contribution >= 0.6 is 15.9 Å². The van der Waals surface area contributed by atoms with Gasteiger partial charge in [0.05, 0.1) is 17.5 Å². The number of hydrogen-bond acceptors (Lipinski definition) is 2. The molecule has 0 N–H and O–H groups in total. The average molecular weight is 344 g/mol. The number of amides is 2. The van der Waals surface area contributed by atoms with E-state index in [4.69, 9.17) is 0 Å². The topological polar surface area (TPSA) is 37.4 Å². The molecule has 4 heteroatoms. The average Bonchev–Trinajstić information content (AvgIpc) is 3.26. The molecule has 1 aromatic carbocycles. The van der Waals surface area contributed by atoms with Crippen LogP contribution in [0.1, 0.15) is 6.42 Å². The summed E-state index contributed by atoms with van der Waals surface area (Å²) in [6, 6.07) is 7.44. The molecule has 2 saturated carbocycles. The predicted octanol–water partition coefficient (Wildman–Crippen LogP) is 3.01. The molecule has 21 heavy (non-hydrogen) atoms. The molecule has 106 valence electrons. The van der Waals surface area contributed by atoms with Gasteiger partial charge >= 0.3 is 0 Å². The quantitative estimate of drug-likeness (QED) is 0.580. The molecule has 2 amide bonds. The SMILES string of the molecule is O=C1[C@H]2[C@@H]3C=C[C@H]([C@@H]4C[C@H]34)[C@@H]2C(=O)N1c1ccc(Br)cc1. The highest BCUT2D eigenvalue weighted by molar-refractivity contribution is 9.10. The Kier molecular flexibility index (Phi) is 2.23. The molecule has 0 radical (unpaired) electrons. The van der Waals surface area contributed by atoms with Gasteiger partial charge in [0, 0.05) is 4.47 Å². The smallest absolute Gasteiger partial charge is 0.238 e. The normalized spacial score (nSPS) is 42.2. The number of carbonyl (C=O) groups excluding carboxylic acids is 2. The second kappa shape index (κ2) is 3.86. The van der Waals surface area contributed by atoms with Crippen LogP contribution in [0.15, 0.2) is 40.9 Å². The molecule has 5 aliphatic rings. The first kappa shape index (κ1) is 12.2. The van der Waals surface area contributed by atoms with Crippen molar-refractivity contribution in [1.29, 1.82) is 0 Å². The van der Waals surface area contributed by atoms with E-state index in [9.17, 15) is 9.59 Å². The lowest BCUT2D eigenvalue weighted by Crippen LogP contribution is -2.40. The highest BCUT2D eigenvalue weighted by Gasteiger charge is 2.67. The largest absolute Gasteiger partial charge is 0.274 e. The number of benzene rings is 1. The lowest BCUT2D eigenvalue weighted by atomic mass is 9.63. The molecule has 1 heterocycles. The maximum atomic E-state index is 12.8. The lowest BCUT2D eigenvalue weighted by Gasteiger charge is -2.37. The van der Waals surface area contributed by atoms with E-state index in [2.05, 4.69) is 28.1 Å². The van der Waals surface area contributed by atoms with Gasteiger partial charge in [-0.2, -0.15) is 0 Å².